The van der Waals surface area contributed by atoms with E-state index in [1.165, 1.54) is 11.3 Å². The summed E-state index contributed by atoms with van der Waals surface area (Å²) >= 11 is 4.77. The third-order valence-electron chi connectivity index (χ3n) is 2.51. The number of carbonyl (C=O) groups is 1. The highest BCUT2D eigenvalue weighted by Gasteiger charge is 2.13. The minimum absolute atomic E-state index is 0.256. The Balaban J connectivity index is 2.53. The van der Waals surface area contributed by atoms with Crippen LogP contribution in [0.2, 0.25) is 0 Å². The molecule has 0 unspecified atom stereocenters. The number of aliphatic carboxylic acids is 1. The molecule has 1 N–H and O–H groups in total. The number of benzene rings is 1. The summed E-state index contributed by atoms with van der Waals surface area (Å²) in [6.07, 6.45) is 1.62. The van der Waals surface area contributed by atoms with Gasteiger partial charge in [0.2, 0.25) is 0 Å². The van der Waals surface area contributed by atoms with E-state index in [1.807, 2.05) is 23.6 Å². The van der Waals surface area contributed by atoms with E-state index in [-0.39, 0.29) is 5.57 Å². The molecule has 0 atom stereocenters. The predicted molar refractivity (Wildman–Crippen MR) is 80.5 cm³/mol. The zero-order chi connectivity index (χ0) is 13.8. The van der Waals surface area contributed by atoms with E-state index in [0.717, 1.165) is 14.9 Å². The molecule has 2 rings (SSSR count). The fraction of sp³-hybridized carbons (Fsp3) is 0.0714. The van der Waals surface area contributed by atoms with E-state index in [1.54, 1.807) is 25.3 Å². The Kier molecular flexibility index (Phi) is 4.39. The second-order valence-corrected chi connectivity index (χ2v) is 5.59. The maximum atomic E-state index is 11.4. The van der Waals surface area contributed by atoms with Crippen LogP contribution >= 0.6 is 27.3 Å². The van der Waals surface area contributed by atoms with Crippen LogP contribution in [0, 0.1) is 0 Å². The van der Waals surface area contributed by atoms with E-state index >= 15 is 0 Å². The lowest BCUT2D eigenvalue weighted by atomic mass is 10.1. The molecule has 0 aliphatic rings. The number of carboxylic acid groups (broad SMARTS) is 1. The number of methoxy groups -OCH3 is 1. The summed E-state index contributed by atoms with van der Waals surface area (Å²) in [6.45, 7) is 0. The van der Waals surface area contributed by atoms with Gasteiger partial charge in [-0.25, -0.2) is 4.79 Å². The Hall–Kier alpha value is -1.59. The number of halogens is 1. The van der Waals surface area contributed by atoms with E-state index in [2.05, 4.69) is 15.9 Å². The van der Waals surface area contributed by atoms with Crippen LogP contribution in [0.25, 0.3) is 11.6 Å². The molecule has 0 saturated heterocycles. The lowest BCUT2D eigenvalue weighted by molar-refractivity contribution is -0.130. The molecular formula is C14H11BrO3S. The minimum Gasteiger partial charge on any atom is -0.496 e. The van der Waals surface area contributed by atoms with Crippen molar-refractivity contribution in [3.05, 3.63) is 50.6 Å². The van der Waals surface area contributed by atoms with Gasteiger partial charge >= 0.3 is 5.97 Å². The molecule has 2 aromatic rings. The zero-order valence-corrected chi connectivity index (χ0v) is 12.5. The Labute approximate surface area is 123 Å². The first-order valence-corrected chi connectivity index (χ1v) is 7.11. The molecule has 0 spiro atoms. The van der Waals surface area contributed by atoms with E-state index in [9.17, 15) is 9.90 Å². The second-order valence-electron chi connectivity index (χ2n) is 3.73. The molecule has 0 amide bonds. The van der Waals surface area contributed by atoms with Crippen molar-refractivity contribution in [3.63, 3.8) is 0 Å². The summed E-state index contributed by atoms with van der Waals surface area (Å²) < 4.78 is 6.11. The number of rotatable bonds is 4. The number of hydrogen-bond acceptors (Lipinski definition) is 3. The number of thiophene rings is 1. The van der Waals surface area contributed by atoms with Gasteiger partial charge in [-0.3, -0.25) is 0 Å². The summed E-state index contributed by atoms with van der Waals surface area (Å²) in [7, 11) is 1.56. The summed E-state index contributed by atoms with van der Waals surface area (Å²) in [6, 6.07) is 9.09. The van der Waals surface area contributed by atoms with Gasteiger partial charge in [0.15, 0.2) is 0 Å². The van der Waals surface area contributed by atoms with Gasteiger partial charge in [-0.05, 0) is 35.7 Å². The largest absolute Gasteiger partial charge is 0.496 e. The quantitative estimate of drug-likeness (QED) is 0.852. The molecule has 0 aliphatic carbocycles. The fourth-order valence-corrected chi connectivity index (χ4v) is 2.76. The highest BCUT2D eigenvalue weighted by atomic mass is 79.9. The van der Waals surface area contributed by atoms with Gasteiger partial charge in [-0.2, -0.15) is 0 Å². The number of carboxylic acids is 1. The molecule has 1 aromatic heterocycles. The monoisotopic (exact) mass is 338 g/mol. The third kappa shape index (κ3) is 3.24. The lowest BCUT2D eigenvalue weighted by Gasteiger charge is -2.06. The highest BCUT2D eigenvalue weighted by molar-refractivity contribution is 9.10. The SMILES string of the molecule is COc1ccc(Br)cc1/C=C(/C(=O)O)c1cccs1. The van der Waals surface area contributed by atoms with Gasteiger partial charge < -0.3 is 9.84 Å². The third-order valence-corrected chi connectivity index (χ3v) is 3.91. The topological polar surface area (TPSA) is 46.5 Å². The van der Waals surface area contributed by atoms with Crippen molar-refractivity contribution in [1.82, 2.24) is 0 Å². The van der Waals surface area contributed by atoms with Gasteiger partial charge in [0.1, 0.15) is 5.75 Å². The van der Waals surface area contributed by atoms with Crippen LogP contribution in [0.3, 0.4) is 0 Å². The average molecular weight is 339 g/mol. The molecule has 0 radical (unpaired) electrons. The molecule has 0 aliphatic heterocycles. The first-order valence-electron chi connectivity index (χ1n) is 5.44. The average Bonchev–Trinajstić information content (AvgIpc) is 2.89. The molecule has 0 fully saturated rings. The van der Waals surface area contributed by atoms with E-state index in [4.69, 9.17) is 4.74 Å². The van der Waals surface area contributed by atoms with Gasteiger partial charge in [0.25, 0.3) is 0 Å². The molecule has 0 bridgehead atoms. The molecule has 19 heavy (non-hydrogen) atoms. The smallest absolute Gasteiger partial charge is 0.337 e. The van der Waals surface area contributed by atoms with Gasteiger partial charge in [-0.1, -0.05) is 22.0 Å². The van der Waals surface area contributed by atoms with Gasteiger partial charge in [-0.15, -0.1) is 11.3 Å². The molecule has 1 aromatic carbocycles. The van der Waals surface area contributed by atoms with E-state index < -0.39 is 5.97 Å². The van der Waals surface area contributed by atoms with Crippen molar-refractivity contribution in [2.75, 3.05) is 7.11 Å². The molecule has 1 heterocycles. The lowest BCUT2D eigenvalue weighted by Crippen LogP contribution is -1.98. The van der Waals surface area contributed by atoms with Crippen molar-refractivity contribution >= 4 is 44.9 Å². The highest BCUT2D eigenvalue weighted by Crippen LogP contribution is 2.29. The summed E-state index contributed by atoms with van der Waals surface area (Å²) in [5.74, 6) is -0.317. The summed E-state index contributed by atoms with van der Waals surface area (Å²) in [4.78, 5) is 12.1. The van der Waals surface area contributed by atoms with Crippen molar-refractivity contribution < 1.29 is 14.6 Å². The number of ether oxygens (including phenoxy) is 1. The van der Waals surface area contributed by atoms with Crippen molar-refractivity contribution in [1.29, 1.82) is 0 Å². The van der Waals surface area contributed by atoms with Gasteiger partial charge in [0.05, 0.1) is 12.7 Å². The molecule has 3 nitrogen and oxygen atoms in total. The molecule has 5 heteroatoms. The van der Waals surface area contributed by atoms with Crippen LogP contribution in [-0.2, 0) is 4.79 Å². The summed E-state index contributed by atoms with van der Waals surface area (Å²) in [5, 5.41) is 11.2. The minimum atomic E-state index is -0.954. The molecule has 0 saturated carbocycles. The first kappa shape index (κ1) is 13.8. The van der Waals surface area contributed by atoms with Crippen LogP contribution in [0.1, 0.15) is 10.4 Å². The Morgan fingerprint density at radius 2 is 2.21 bits per heavy atom. The van der Waals surface area contributed by atoms with Crippen molar-refractivity contribution in [2.24, 2.45) is 0 Å². The van der Waals surface area contributed by atoms with Crippen LogP contribution in [0.5, 0.6) is 5.75 Å². The van der Waals surface area contributed by atoms with Crippen molar-refractivity contribution in [2.45, 2.75) is 0 Å². The van der Waals surface area contributed by atoms with E-state index in [0.29, 0.717) is 5.75 Å². The Morgan fingerprint density at radius 1 is 1.42 bits per heavy atom. The van der Waals surface area contributed by atoms with Crippen molar-refractivity contribution in [3.8, 4) is 5.75 Å². The molecular weight excluding hydrogens is 328 g/mol. The Bertz CT molecular complexity index is 618. The first-order chi connectivity index (χ1) is 9.11. The fourth-order valence-electron chi connectivity index (χ4n) is 1.64. The normalized spacial score (nSPS) is 11.4. The maximum absolute atomic E-state index is 11.4. The second kappa shape index (κ2) is 6.04. The van der Waals surface area contributed by atoms with Crippen LogP contribution in [-0.4, -0.2) is 18.2 Å². The predicted octanol–water partition coefficient (Wildman–Crippen LogP) is 4.14. The van der Waals surface area contributed by atoms with Crippen LogP contribution in [0.4, 0.5) is 0 Å². The van der Waals surface area contributed by atoms with Gasteiger partial charge in [0, 0.05) is 14.9 Å². The maximum Gasteiger partial charge on any atom is 0.337 e. The van der Waals surface area contributed by atoms with Crippen LogP contribution in [0.15, 0.2) is 40.2 Å². The Morgan fingerprint density at radius 3 is 2.79 bits per heavy atom. The number of hydrogen-bond donors (Lipinski definition) is 1. The standard InChI is InChI=1S/C14H11BrO3S/c1-18-12-5-4-10(15)7-9(12)8-11(14(16)17)13-3-2-6-19-13/h2-8H,1H3,(H,16,17)/b11-8+. The van der Waals surface area contributed by atoms with Crippen LogP contribution < -0.4 is 4.74 Å². The summed E-state index contributed by atoms with van der Waals surface area (Å²) in [5.41, 5.74) is 0.981. The zero-order valence-electron chi connectivity index (χ0n) is 10.1. The molecule has 98 valence electrons.